The average Bonchev–Trinajstić information content (AvgIpc) is 3.17. The maximum Gasteiger partial charge on any atom is 0.212 e. The predicted octanol–water partition coefficient (Wildman–Crippen LogP) is 9.36. The van der Waals surface area contributed by atoms with Gasteiger partial charge in [0.25, 0.3) is 0 Å². The summed E-state index contributed by atoms with van der Waals surface area (Å²) in [6.07, 6.45) is 16.6. The van der Waals surface area contributed by atoms with Gasteiger partial charge in [0.05, 0.1) is 40.4 Å². The largest absolute Gasteiger partial charge is 0.256 e. The lowest BCUT2D eigenvalue weighted by Gasteiger charge is -2.40. The van der Waals surface area contributed by atoms with Gasteiger partial charge in [0.2, 0.25) is 10.0 Å². The van der Waals surface area contributed by atoms with E-state index in [1.165, 1.54) is 0 Å². The van der Waals surface area contributed by atoms with Crippen molar-refractivity contribution in [2.75, 3.05) is 5.75 Å². The highest BCUT2D eigenvalue weighted by Gasteiger charge is 2.38. The van der Waals surface area contributed by atoms with Gasteiger partial charge < -0.3 is 0 Å². The van der Waals surface area contributed by atoms with Crippen molar-refractivity contribution in [1.82, 2.24) is 14.7 Å². The summed E-state index contributed by atoms with van der Waals surface area (Å²) in [5.74, 6) is 1.91. The van der Waals surface area contributed by atoms with Gasteiger partial charge in [-0.15, -0.1) is 0 Å². The second kappa shape index (κ2) is 16.8. The van der Waals surface area contributed by atoms with Crippen molar-refractivity contribution in [3.63, 3.8) is 0 Å². The number of hydrogen-bond donors (Lipinski definition) is 1. The summed E-state index contributed by atoms with van der Waals surface area (Å²) in [5, 5.41) is 19.0. The number of benzene rings is 2. The third kappa shape index (κ3) is 9.19. The monoisotopic (exact) mass is 722 g/mol. The SMILES string of the molecule is C[C@H]1[C@H](/C=C/c2ccc(-c3ccccc3C#N)cn2)[C@@H](NS(=O)(=O)CC2C[C@@H](/C=C/c3ccc(-c4ccccc4C#N)cn3)[C@H](C)[C@@H](C)C2)[CH]C[C@@H]1C. The molecule has 8 atom stereocenters. The lowest BCUT2D eigenvalue weighted by Crippen LogP contribution is -2.48. The van der Waals surface area contributed by atoms with Gasteiger partial charge in [-0.3, -0.25) is 9.97 Å². The number of nitrogens with one attached hydrogen (secondary N) is 1. The van der Waals surface area contributed by atoms with Gasteiger partial charge in [-0.25, -0.2) is 13.1 Å². The zero-order valence-corrected chi connectivity index (χ0v) is 31.7. The van der Waals surface area contributed by atoms with Crippen LogP contribution in [-0.4, -0.2) is 30.2 Å². The Morgan fingerprint density at radius 3 is 1.85 bits per heavy atom. The van der Waals surface area contributed by atoms with Gasteiger partial charge in [-0.2, -0.15) is 10.5 Å². The molecule has 2 heterocycles. The van der Waals surface area contributed by atoms with Crippen LogP contribution in [0.2, 0.25) is 0 Å². The Balaban J connectivity index is 1.10. The van der Waals surface area contributed by atoms with Gasteiger partial charge >= 0.3 is 0 Å². The zero-order valence-electron chi connectivity index (χ0n) is 30.9. The molecule has 271 valence electrons. The second-order valence-corrected chi connectivity index (χ2v) is 16.9. The van der Waals surface area contributed by atoms with Crippen molar-refractivity contribution < 1.29 is 8.42 Å². The molecular weight excluding hydrogens is 675 g/mol. The fourth-order valence-corrected chi connectivity index (χ4v) is 9.75. The van der Waals surface area contributed by atoms with Crippen molar-refractivity contribution in [1.29, 1.82) is 10.5 Å². The molecule has 0 saturated heterocycles. The molecule has 1 radical (unpaired) electrons. The van der Waals surface area contributed by atoms with Gasteiger partial charge in [-0.1, -0.05) is 88.4 Å². The molecule has 1 N–H and O–H groups in total. The van der Waals surface area contributed by atoms with E-state index in [0.717, 1.165) is 52.9 Å². The molecule has 2 aliphatic rings. The summed E-state index contributed by atoms with van der Waals surface area (Å²) in [7, 11) is -3.57. The van der Waals surface area contributed by atoms with E-state index in [1.54, 1.807) is 18.5 Å². The first kappa shape index (κ1) is 37.9. The standard InChI is InChI=1S/C45H48N5O2S/c1-30-13-22-45(42(33(30)4)21-20-41-19-16-39(28-49-41)44-12-8-6-10-37(44)26-47)50-53(51,52)29-34-23-31(2)32(3)35(24-34)14-17-40-18-15-38(27-48-40)43-11-7-5-9-36(43)25-46/h5-12,14-22,27-28,30-35,42,45,50H,13,23-24,29H2,1-4H3/b17-14+,21-20+/t30-,31-,32+,33+,34?,35+,42-,45-/m0/s1. The number of pyridine rings is 2. The minimum absolute atomic E-state index is 0.0115. The first-order valence-corrected chi connectivity index (χ1v) is 20.3. The molecular formula is C45H48N5O2S. The molecule has 0 amide bonds. The fourth-order valence-electron chi connectivity index (χ4n) is 8.10. The van der Waals surface area contributed by atoms with Crippen LogP contribution in [0.15, 0.2) is 97.3 Å². The van der Waals surface area contributed by atoms with Gasteiger partial charge in [0.15, 0.2) is 0 Å². The minimum atomic E-state index is -3.57. The number of nitrogens with zero attached hydrogens (tertiary/aromatic N) is 4. The molecule has 2 fully saturated rings. The van der Waals surface area contributed by atoms with Gasteiger partial charge in [-0.05, 0) is 104 Å². The molecule has 2 aromatic heterocycles. The van der Waals surface area contributed by atoms with E-state index in [-0.39, 0.29) is 35.5 Å². The van der Waals surface area contributed by atoms with Crippen molar-refractivity contribution in [2.45, 2.75) is 53.0 Å². The van der Waals surface area contributed by atoms with Crippen LogP contribution in [0.1, 0.15) is 69.5 Å². The number of nitriles is 2. The Morgan fingerprint density at radius 1 is 0.736 bits per heavy atom. The van der Waals surface area contributed by atoms with Crippen molar-refractivity contribution >= 4 is 22.2 Å². The number of sulfonamides is 1. The molecule has 7 nitrogen and oxygen atoms in total. The molecule has 2 aromatic carbocycles. The van der Waals surface area contributed by atoms with Crippen LogP contribution < -0.4 is 4.72 Å². The number of rotatable bonds is 10. The van der Waals surface area contributed by atoms with Crippen LogP contribution in [0.3, 0.4) is 0 Å². The van der Waals surface area contributed by atoms with Crippen LogP contribution >= 0.6 is 0 Å². The quantitative estimate of drug-likeness (QED) is 0.174. The van der Waals surface area contributed by atoms with E-state index in [2.05, 4.69) is 73.1 Å². The summed E-state index contributed by atoms with van der Waals surface area (Å²) in [6.45, 7) is 8.93. The van der Waals surface area contributed by atoms with Crippen LogP contribution in [0.25, 0.3) is 34.4 Å². The molecule has 2 aliphatic carbocycles. The van der Waals surface area contributed by atoms with E-state index >= 15 is 0 Å². The lowest BCUT2D eigenvalue weighted by molar-refractivity contribution is 0.171. The first-order chi connectivity index (χ1) is 25.5. The first-order valence-electron chi connectivity index (χ1n) is 18.7. The summed E-state index contributed by atoms with van der Waals surface area (Å²) in [4.78, 5) is 9.30. The number of aromatic nitrogens is 2. The summed E-state index contributed by atoms with van der Waals surface area (Å²) >= 11 is 0. The van der Waals surface area contributed by atoms with Crippen molar-refractivity contribution in [3.05, 3.63) is 126 Å². The van der Waals surface area contributed by atoms with E-state index < -0.39 is 10.0 Å². The molecule has 0 spiro atoms. The van der Waals surface area contributed by atoms with Crippen molar-refractivity contribution in [2.24, 2.45) is 41.4 Å². The third-order valence-corrected chi connectivity index (χ3v) is 13.2. The maximum absolute atomic E-state index is 13.8. The Morgan fingerprint density at radius 2 is 1.30 bits per heavy atom. The average molecular weight is 723 g/mol. The smallest absolute Gasteiger partial charge is 0.212 e. The van der Waals surface area contributed by atoms with Crippen LogP contribution in [0, 0.1) is 70.5 Å². The van der Waals surface area contributed by atoms with Crippen LogP contribution in [0.4, 0.5) is 0 Å². The van der Waals surface area contributed by atoms with E-state index in [0.29, 0.717) is 28.9 Å². The highest BCUT2D eigenvalue weighted by molar-refractivity contribution is 7.89. The van der Waals surface area contributed by atoms with Crippen LogP contribution in [-0.2, 0) is 10.0 Å². The Labute approximate surface area is 315 Å². The highest BCUT2D eigenvalue weighted by atomic mass is 32.2. The molecule has 1 unspecified atom stereocenters. The molecule has 4 aromatic rings. The molecule has 0 bridgehead atoms. The third-order valence-electron chi connectivity index (χ3n) is 11.6. The maximum atomic E-state index is 13.8. The summed E-state index contributed by atoms with van der Waals surface area (Å²) < 4.78 is 30.8. The van der Waals surface area contributed by atoms with Crippen LogP contribution in [0.5, 0.6) is 0 Å². The molecule has 2 saturated carbocycles. The fraction of sp³-hybridized carbons (Fsp3) is 0.356. The highest BCUT2D eigenvalue weighted by Crippen LogP contribution is 2.40. The molecule has 6 rings (SSSR count). The Hall–Kier alpha value is -4.89. The molecule has 53 heavy (non-hydrogen) atoms. The van der Waals surface area contributed by atoms with Crippen molar-refractivity contribution in [3.8, 4) is 34.4 Å². The number of hydrogen-bond acceptors (Lipinski definition) is 6. The van der Waals surface area contributed by atoms with E-state index in [4.69, 9.17) is 0 Å². The predicted molar refractivity (Wildman–Crippen MR) is 213 cm³/mol. The van der Waals surface area contributed by atoms with E-state index in [9.17, 15) is 18.9 Å². The lowest BCUT2D eigenvalue weighted by atomic mass is 9.69. The van der Waals surface area contributed by atoms with Gasteiger partial charge in [0, 0.05) is 40.7 Å². The summed E-state index contributed by atoms with van der Waals surface area (Å²) in [5.41, 5.74) is 6.35. The second-order valence-electron chi connectivity index (χ2n) is 15.1. The topological polar surface area (TPSA) is 120 Å². The molecule has 0 aliphatic heterocycles. The summed E-state index contributed by atoms with van der Waals surface area (Å²) in [6, 6.07) is 27.1. The minimum Gasteiger partial charge on any atom is -0.256 e. The Kier molecular flexibility index (Phi) is 12.0. The normalized spacial score (nSPS) is 26.3. The number of allylic oxidation sites excluding steroid dienone is 1. The van der Waals surface area contributed by atoms with Gasteiger partial charge in [0.1, 0.15) is 0 Å². The zero-order chi connectivity index (χ0) is 37.5. The molecule has 8 heteroatoms. The Bertz CT molecular complexity index is 2130. The van der Waals surface area contributed by atoms with E-state index in [1.807, 2.05) is 78.9 Å².